The maximum absolute atomic E-state index is 12.6. The van der Waals surface area contributed by atoms with Gasteiger partial charge < -0.3 is 15.1 Å². The van der Waals surface area contributed by atoms with Crippen molar-refractivity contribution in [3.63, 3.8) is 0 Å². The molecule has 2 aromatic carbocycles. The first kappa shape index (κ1) is 18.3. The lowest BCUT2D eigenvalue weighted by atomic mass is 10.0. The maximum Gasteiger partial charge on any atom is 0.321 e. The summed E-state index contributed by atoms with van der Waals surface area (Å²) in [5.41, 5.74) is 4.63. The highest BCUT2D eigenvalue weighted by atomic mass is 16.2. The molecule has 0 spiro atoms. The molecule has 1 aliphatic heterocycles. The topological polar surface area (TPSA) is 35.6 Å². The fourth-order valence-corrected chi connectivity index (χ4v) is 3.42. The van der Waals surface area contributed by atoms with Crippen molar-refractivity contribution in [3.05, 3.63) is 59.7 Å². The van der Waals surface area contributed by atoms with Crippen LogP contribution in [0.4, 0.5) is 16.2 Å². The van der Waals surface area contributed by atoms with E-state index in [0.717, 1.165) is 25.3 Å². The van der Waals surface area contributed by atoms with Crippen molar-refractivity contribution in [2.24, 2.45) is 0 Å². The first-order chi connectivity index (χ1) is 12.4. The van der Waals surface area contributed by atoms with E-state index in [1.165, 1.54) is 16.8 Å². The minimum Gasteiger partial charge on any atom is -0.365 e. The first-order valence-electron chi connectivity index (χ1n) is 9.43. The second-order valence-electron chi connectivity index (χ2n) is 7.53. The van der Waals surface area contributed by atoms with E-state index < -0.39 is 0 Å². The predicted octanol–water partition coefficient (Wildman–Crippen LogP) is 4.86. The Morgan fingerprint density at radius 2 is 1.69 bits per heavy atom. The van der Waals surface area contributed by atoms with Crippen LogP contribution in [0.3, 0.4) is 0 Å². The van der Waals surface area contributed by atoms with Gasteiger partial charge in [-0.2, -0.15) is 0 Å². The van der Waals surface area contributed by atoms with Gasteiger partial charge in [-0.15, -0.1) is 0 Å². The summed E-state index contributed by atoms with van der Waals surface area (Å²) in [6.07, 6.45) is 0. The zero-order valence-corrected chi connectivity index (χ0v) is 16.2. The second kappa shape index (κ2) is 7.81. The fraction of sp³-hybridized carbons (Fsp3) is 0.409. The average molecular weight is 351 g/mol. The quantitative estimate of drug-likeness (QED) is 0.857. The van der Waals surface area contributed by atoms with Gasteiger partial charge in [0.15, 0.2) is 0 Å². The summed E-state index contributed by atoms with van der Waals surface area (Å²) >= 11 is 0. The number of aryl methyl sites for hydroxylation is 1. The van der Waals surface area contributed by atoms with Crippen molar-refractivity contribution < 1.29 is 4.79 Å². The number of rotatable bonds is 3. The smallest absolute Gasteiger partial charge is 0.321 e. The largest absolute Gasteiger partial charge is 0.365 e. The molecule has 1 N–H and O–H groups in total. The molecule has 0 saturated carbocycles. The third-order valence-electron chi connectivity index (χ3n) is 5.11. The van der Waals surface area contributed by atoms with Gasteiger partial charge in [0.25, 0.3) is 0 Å². The minimum atomic E-state index is -0.0160. The van der Waals surface area contributed by atoms with Crippen LogP contribution in [-0.2, 0) is 0 Å². The molecule has 1 heterocycles. The van der Waals surface area contributed by atoms with Crippen LogP contribution in [0.1, 0.15) is 37.8 Å². The Kier molecular flexibility index (Phi) is 5.50. The number of carbonyl (C=O) groups is 1. The van der Waals surface area contributed by atoms with Crippen molar-refractivity contribution in [2.45, 2.75) is 39.7 Å². The number of benzene rings is 2. The molecular formula is C22H29N3O. The normalized spacial score (nSPS) is 17.5. The maximum atomic E-state index is 12.6. The molecule has 4 nitrogen and oxygen atoms in total. The number of nitrogens with one attached hydrogen (secondary N) is 1. The summed E-state index contributed by atoms with van der Waals surface area (Å²) in [6, 6.07) is 17.0. The van der Waals surface area contributed by atoms with E-state index in [0.29, 0.717) is 12.0 Å². The Bertz CT molecular complexity index is 737. The number of hydrogen-bond acceptors (Lipinski definition) is 2. The summed E-state index contributed by atoms with van der Waals surface area (Å²) in [4.78, 5) is 16.9. The molecule has 1 saturated heterocycles. The van der Waals surface area contributed by atoms with Crippen LogP contribution in [0.5, 0.6) is 0 Å². The molecule has 4 heteroatoms. The lowest BCUT2D eigenvalue weighted by molar-refractivity contribution is 0.200. The fourth-order valence-electron chi connectivity index (χ4n) is 3.42. The molecule has 0 unspecified atom stereocenters. The Morgan fingerprint density at radius 3 is 2.27 bits per heavy atom. The molecule has 0 aromatic heterocycles. The molecule has 0 radical (unpaired) electrons. The standard InChI is InChI=1S/C22H29N3O/c1-16(2)19-7-9-20(10-8-19)23-22(26)24-13-14-25(18(4)15-24)21-11-5-17(3)6-12-21/h5-12,16,18H,13-15H2,1-4H3,(H,23,26)/t18-/m1/s1. The zero-order chi connectivity index (χ0) is 18.7. The number of carbonyl (C=O) groups excluding carboxylic acids is 1. The van der Waals surface area contributed by atoms with Crippen molar-refractivity contribution in [1.82, 2.24) is 4.90 Å². The van der Waals surface area contributed by atoms with Crippen LogP contribution >= 0.6 is 0 Å². The summed E-state index contributed by atoms with van der Waals surface area (Å²) in [6.45, 7) is 10.9. The highest BCUT2D eigenvalue weighted by molar-refractivity contribution is 5.89. The molecule has 1 fully saturated rings. The van der Waals surface area contributed by atoms with Crippen molar-refractivity contribution in [3.8, 4) is 0 Å². The van der Waals surface area contributed by atoms with Gasteiger partial charge in [0.2, 0.25) is 0 Å². The molecule has 0 bridgehead atoms. The number of hydrogen-bond donors (Lipinski definition) is 1. The third kappa shape index (κ3) is 4.18. The van der Waals surface area contributed by atoms with Crippen molar-refractivity contribution in [1.29, 1.82) is 0 Å². The highest BCUT2D eigenvalue weighted by Gasteiger charge is 2.26. The zero-order valence-electron chi connectivity index (χ0n) is 16.2. The van der Waals surface area contributed by atoms with Crippen molar-refractivity contribution >= 4 is 17.4 Å². The van der Waals surface area contributed by atoms with Crippen LogP contribution in [0.25, 0.3) is 0 Å². The van der Waals surface area contributed by atoms with Crippen LogP contribution in [0, 0.1) is 6.92 Å². The van der Waals surface area contributed by atoms with E-state index in [4.69, 9.17) is 0 Å². The van der Waals surface area contributed by atoms with Gasteiger partial charge in [0, 0.05) is 37.1 Å². The van der Waals surface area contributed by atoms with E-state index in [1.54, 1.807) is 0 Å². The van der Waals surface area contributed by atoms with E-state index >= 15 is 0 Å². The van der Waals surface area contributed by atoms with Gasteiger partial charge in [-0.05, 0) is 49.6 Å². The second-order valence-corrected chi connectivity index (χ2v) is 7.53. The first-order valence-corrected chi connectivity index (χ1v) is 9.43. The van der Waals surface area contributed by atoms with Crippen LogP contribution in [0.15, 0.2) is 48.5 Å². The molecule has 26 heavy (non-hydrogen) atoms. The van der Waals surface area contributed by atoms with Gasteiger partial charge in [-0.25, -0.2) is 4.79 Å². The van der Waals surface area contributed by atoms with Crippen LogP contribution in [0.2, 0.25) is 0 Å². The Balaban J connectivity index is 1.59. The predicted molar refractivity (Wildman–Crippen MR) is 109 cm³/mol. The highest BCUT2D eigenvalue weighted by Crippen LogP contribution is 2.22. The number of urea groups is 1. The van der Waals surface area contributed by atoms with E-state index in [-0.39, 0.29) is 6.03 Å². The Morgan fingerprint density at radius 1 is 1.04 bits per heavy atom. The lowest BCUT2D eigenvalue weighted by Crippen LogP contribution is -2.54. The van der Waals surface area contributed by atoms with Gasteiger partial charge in [0.05, 0.1) is 0 Å². The lowest BCUT2D eigenvalue weighted by Gasteiger charge is -2.41. The average Bonchev–Trinajstić information content (AvgIpc) is 2.63. The molecule has 1 aliphatic rings. The van der Waals surface area contributed by atoms with Crippen molar-refractivity contribution in [2.75, 3.05) is 29.9 Å². The Labute approximate surface area is 156 Å². The number of piperazine rings is 1. The summed E-state index contributed by atoms with van der Waals surface area (Å²) < 4.78 is 0. The summed E-state index contributed by atoms with van der Waals surface area (Å²) in [5.74, 6) is 0.496. The van der Waals surface area contributed by atoms with E-state index in [1.807, 2.05) is 17.0 Å². The third-order valence-corrected chi connectivity index (χ3v) is 5.11. The van der Waals surface area contributed by atoms with Crippen LogP contribution in [-0.4, -0.2) is 36.6 Å². The number of nitrogens with zero attached hydrogens (tertiary/aromatic N) is 2. The Hall–Kier alpha value is -2.49. The van der Waals surface area contributed by atoms with Crippen LogP contribution < -0.4 is 10.2 Å². The molecule has 138 valence electrons. The molecule has 3 rings (SSSR count). The molecule has 1 atom stereocenters. The van der Waals surface area contributed by atoms with Gasteiger partial charge in [0.1, 0.15) is 0 Å². The molecule has 0 aliphatic carbocycles. The van der Waals surface area contributed by atoms with Gasteiger partial charge in [-0.3, -0.25) is 0 Å². The van der Waals surface area contributed by atoms with Gasteiger partial charge >= 0.3 is 6.03 Å². The minimum absolute atomic E-state index is 0.0160. The SMILES string of the molecule is Cc1ccc(N2CCN(C(=O)Nc3ccc(C(C)C)cc3)C[C@H]2C)cc1. The number of anilines is 2. The molecule has 2 aromatic rings. The summed E-state index contributed by atoms with van der Waals surface area (Å²) in [5, 5.41) is 3.03. The molecular weight excluding hydrogens is 322 g/mol. The van der Waals surface area contributed by atoms with E-state index in [9.17, 15) is 4.79 Å². The van der Waals surface area contributed by atoms with E-state index in [2.05, 4.69) is 74.3 Å². The van der Waals surface area contributed by atoms with Gasteiger partial charge in [-0.1, -0.05) is 43.7 Å². The number of amides is 2. The summed E-state index contributed by atoms with van der Waals surface area (Å²) in [7, 11) is 0. The molecule has 2 amide bonds. The monoisotopic (exact) mass is 351 g/mol.